The predicted octanol–water partition coefficient (Wildman–Crippen LogP) is 2.71. The fraction of sp³-hybridized carbons (Fsp3) is 0.217. The number of benzene rings is 2. The van der Waals surface area contributed by atoms with Crippen molar-refractivity contribution in [1.82, 2.24) is 15.4 Å². The lowest BCUT2D eigenvalue weighted by Gasteiger charge is -2.15. The molecule has 0 amide bonds. The fourth-order valence-electron chi connectivity index (χ4n) is 3.77. The van der Waals surface area contributed by atoms with Gasteiger partial charge in [-0.2, -0.15) is 0 Å². The second-order valence-electron chi connectivity index (χ2n) is 7.79. The van der Waals surface area contributed by atoms with E-state index in [1.807, 2.05) is 12.1 Å². The zero-order valence-electron chi connectivity index (χ0n) is 17.6. The van der Waals surface area contributed by atoms with Crippen LogP contribution in [0.2, 0.25) is 0 Å². The minimum Gasteiger partial charge on any atom is -0.445 e. The van der Waals surface area contributed by atoms with E-state index < -0.39 is 21.6 Å². The normalized spacial score (nSPS) is 21.7. The topological polar surface area (TPSA) is 112 Å². The monoisotopic (exact) mass is 467 g/mol. The Morgan fingerprint density at radius 2 is 1.97 bits per heavy atom. The Hall–Kier alpha value is -3.50. The van der Waals surface area contributed by atoms with Crippen molar-refractivity contribution >= 4 is 27.1 Å². The molecule has 5 rings (SSSR count). The van der Waals surface area contributed by atoms with Gasteiger partial charge in [-0.05, 0) is 30.5 Å². The third-order valence-corrected chi connectivity index (χ3v) is 8.20. The minimum absolute atomic E-state index is 0.0845. The molecule has 3 aromatic rings. The van der Waals surface area contributed by atoms with Crippen molar-refractivity contribution in [2.45, 2.75) is 22.8 Å². The SMILES string of the molecule is C=S(=O)(c1ccc(-c2cnc(N)c(C3=NNC(c4ccccc4F)O3)n2)cc1)C1CCOC1. The summed E-state index contributed by atoms with van der Waals surface area (Å²) in [6, 6.07) is 13.5. The number of nitrogens with zero attached hydrogens (tertiary/aromatic N) is 3. The van der Waals surface area contributed by atoms with Gasteiger partial charge in [0, 0.05) is 26.6 Å². The van der Waals surface area contributed by atoms with Crippen molar-refractivity contribution in [2.75, 3.05) is 18.9 Å². The standard InChI is InChI=1S/C23H22FN5O3S/c1-33(30,16-10-11-31-13-16)15-8-6-14(7-9-15)19-12-26-21(25)20(27-19)23-29-28-22(32-23)17-4-2-3-5-18(17)24/h2-9,12,16,22,28H,1,10-11,13H2,(H2,25,26). The first kappa shape index (κ1) is 21.4. The summed E-state index contributed by atoms with van der Waals surface area (Å²) in [6.45, 7) is 1.07. The van der Waals surface area contributed by atoms with Crippen molar-refractivity contribution in [3.63, 3.8) is 0 Å². The molecule has 0 aliphatic carbocycles. The molecule has 170 valence electrons. The molecule has 0 spiro atoms. The van der Waals surface area contributed by atoms with Gasteiger partial charge in [0.2, 0.25) is 6.23 Å². The van der Waals surface area contributed by atoms with Gasteiger partial charge in [0.05, 0.1) is 29.3 Å². The summed E-state index contributed by atoms with van der Waals surface area (Å²) in [5.74, 6) is 3.82. The Labute approximate surface area is 190 Å². The maximum atomic E-state index is 14.1. The Balaban J connectivity index is 1.39. The average Bonchev–Trinajstić information content (AvgIpc) is 3.53. The average molecular weight is 468 g/mol. The molecule has 3 atom stereocenters. The Morgan fingerprint density at radius 3 is 2.70 bits per heavy atom. The summed E-state index contributed by atoms with van der Waals surface area (Å²) in [5.41, 5.74) is 10.6. The maximum Gasteiger partial charge on any atom is 0.263 e. The molecule has 2 aliphatic heterocycles. The number of nitrogen functional groups attached to an aromatic ring is 1. The van der Waals surface area contributed by atoms with E-state index in [4.69, 9.17) is 15.2 Å². The molecule has 0 saturated carbocycles. The van der Waals surface area contributed by atoms with Crippen LogP contribution in [0.15, 0.2) is 64.7 Å². The van der Waals surface area contributed by atoms with Gasteiger partial charge in [0.1, 0.15) is 5.82 Å². The van der Waals surface area contributed by atoms with Crippen LogP contribution in [0.4, 0.5) is 10.2 Å². The van der Waals surface area contributed by atoms with E-state index in [1.165, 1.54) is 12.3 Å². The summed E-state index contributed by atoms with van der Waals surface area (Å²) < 4.78 is 38.4. The fourth-order valence-corrected chi connectivity index (χ4v) is 5.54. The van der Waals surface area contributed by atoms with Crippen molar-refractivity contribution in [1.29, 1.82) is 0 Å². The predicted molar refractivity (Wildman–Crippen MR) is 125 cm³/mol. The van der Waals surface area contributed by atoms with E-state index in [0.29, 0.717) is 29.4 Å². The van der Waals surface area contributed by atoms with Gasteiger partial charge in [-0.1, -0.05) is 30.3 Å². The molecule has 2 aliphatic rings. The molecular weight excluding hydrogens is 445 g/mol. The maximum absolute atomic E-state index is 14.1. The number of nitrogens with two attached hydrogens (primary N) is 1. The van der Waals surface area contributed by atoms with E-state index in [-0.39, 0.29) is 22.7 Å². The van der Waals surface area contributed by atoms with Crippen LogP contribution in [0.25, 0.3) is 11.3 Å². The van der Waals surface area contributed by atoms with E-state index in [0.717, 1.165) is 12.0 Å². The summed E-state index contributed by atoms with van der Waals surface area (Å²) >= 11 is 0. The van der Waals surface area contributed by atoms with Crippen LogP contribution in [0.5, 0.6) is 0 Å². The van der Waals surface area contributed by atoms with E-state index in [9.17, 15) is 8.60 Å². The highest BCUT2D eigenvalue weighted by molar-refractivity contribution is 8.01. The first-order valence-electron chi connectivity index (χ1n) is 10.3. The number of hydrogen-bond acceptors (Lipinski definition) is 8. The number of ether oxygens (including phenoxy) is 2. The molecule has 10 heteroatoms. The molecule has 2 aromatic carbocycles. The minimum atomic E-state index is -2.46. The molecule has 0 radical (unpaired) electrons. The van der Waals surface area contributed by atoms with Gasteiger partial charge >= 0.3 is 0 Å². The van der Waals surface area contributed by atoms with Crippen LogP contribution in [-0.4, -0.2) is 44.4 Å². The molecule has 1 aromatic heterocycles. The molecule has 1 saturated heterocycles. The highest BCUT2D eigenvalue weighted by Crippen LogP contribution is 2.28. The van der Waals surface area contributed by atoms with Crippen molar-refractivity contribution < 1.29 is 18.1 Å². The number of rotatable bonds is 5. The molecule has 0 bridgehead atoms. The highest BCUT2D eigenvalue weighted by Gasteiger charge is 2.28. The van der Waals surface area contributed by atoms with Gasteiger partial charge in [-0.25, -0.2) is 14.4 Å². The smallest absolute Gasteiger partial charge is 0.263 e. The molecule has 3 heterocycles. The van der Waals surface area contributed by atoms with E-state index in [2.05, 4.69) is 26.4 Å². The van der Waals surface area contributed by atoms with Crippen LogP contribution < -0.4 is 11.2 Å². The van der Waals surface area contributed by atoms with Crippen molar-refractivity contribution in [3.05, 3.63) is 71.8 Å². The van der Waals surface area contributed by atoms with Gasteiger partial charge in [0.15, 0.2) is 11.5 Å². The van der Waals surface area contributed by atoms with Crippen LogP contribution >= 0.6 is 0 Å². The molecule has 3 unspecified atom stereocenters. The Bertz CT molecular complexity index is 1320. The van der Waals surface area contributed by atoms with Crippen LogP contribution in [0.3, 0.4) is 0 Å². The molecule has 3 N–H and O–H groups in total. The first-order valence-corrected chi connectivity index (χ1v) is 12.1. The van der Waals surface area contributed by atoms with Crippen molar-refractivity contribution in [2.24, 2.45) is 5.10 Å². The molecule has 33 heavy (non-hydrogen) atoms. The van der Waals surface area contributed by atoms with Crippen LogP contribution in [0, 0.1) is 5.82 Å². The largest absolute Gasteiger partial charge is 0.445 e. The second-order valence-corrected chi connectivity index (χ2v) is 10.4. The molecule has 1 fully saturated rings. The number of nitrogens with one attached hydrogen (secondary N) is 1. The Kier molecular flexibility index (Phi) is 5.47. The lowest BCUT2D eigenvalue weighted by atomic mass is 10.1. The third-order valence-electron chi connectivity index (χ3n) is 5.68. The summed E-state index contributed by atoms with van der Waals surface area (Å²) in [4.78, 5) is 9.45. The van der Waals surface area contributed by atoms with Crippen molar-refractivity contribution in [3.8, 4) is 11.3 Å². The number of aromatic nitrogens is 2. The van der Waals surface area contributed by atoms with E-state index in [1.54, 1.807) is 30.3 Å². The molecule has 8 nitrogen and oxygen atoms in total. The third kappa shape index (κ3) is 4.03. The van der Waals surface area contributed by atoms with Crippen LogP contribution in [0.1, 0.15) is 23.9 Å². The lowest BCUT2D eigenvalue weighted by molar-refractivity contribution is 0.186. The second kappa shape index (κ2) is 8.45. The molecular formula is C23H22FN5O3S. The zero-order chi connectivity index (χ0) is 23.0. The number of hydrogen-bond donors (Lipinski definition) is 2. The number of hydrazone groups is 1. The number of anilines is 1. The quantitative estimate of drug-likeness (QED) is 0.555. The lowest BCUT2D eigenvalue weighted by Crippen LogP contribution is -2.21. The van der Waals surface area contributed by atoms with E-state index >= 15 is 0 Å². The number of halogens is 1. The Morgan fingerprint density at radius 1 is 1.18 bits per heavy atom. The first-order chi connectivity index (χ1) is 15.9. The van der Waals surface area contributed by atoms with Gasteiger partial charge in [-0.15, -0.1) is 5.10 Å². The van der Waals surface area contributed by atoms with Crippen LogP contribution in [-0.2, 0) is 19.0 Å². The summed E-state index contributed by atoms with van der Waals surface area (Å²) in [6.07, 6.45) is 1.48. The van der Waals surface area contributed by atoms with Gasteiger partial charge in [-0.3, -0.25) is 9.63 Å². The summed E-state index contributed by atoms with van der Waals surface area (Å²) in [5, 5.41) is 4.04. The highest BCUT2D eigenvalue weighted by atomic mass is 32.2. The summed E-state index contributed by atoms with van der Waals surface area (Å²) in [7, 11) is -2.46. The van der Waals surface area contributed by atoms with Gasteiger partial charge < -0.3 is 15.2 Å². The zero-order valence-corrected chi connectivity index (χ0v) is 18.4. The van der Waals surface area contributed by atoms with Gasteiger partial charge in [0.25, 0.3) is 5.90 Å².